The molecule has 0 radical (unpaired) electrons. The van der Waals surface area contributed by atoms with Gasteiger partial charge in [0, 0.05) is 0 Å². The van der Waals surface area contributed by atoms with Crippen LogP contribution in [0, 0.1) is 0 Å². The summed E-state index contributed by atoms with van der Waals surface area (Å²) in [4.78, 5) is 0. The molecule has 0 unspecified atom stereocenters. The Hall–Kier alpha value is 0.690. The van der Waals surface area contributed by atoms with Gasteiger partial charge in [-0.3, -0.25) is 0 Å². The first kappa shape index (κ1) is 38.7. The molecule has 1 aromatic carbocycles. The molecule has 0 nitrogen and oxygen atoms in total. The van der Waals surface area contributed by atoms with Crippen molar-refractivity contribution in [3.63, 3.8) is 0 Å². The molecule has 1 aromatic rings. The van der Waals surface area contributed by atoms with Gasteiger partial charge in [0.15, 0.2) is 5.98 Å². The van der Waals surface area contributed by atoms with Crippen LogP contribution in [-0.4, -0.2) is 18.5 Å². The molecule has 0 amide bonds. The van der Waals surface area contributed by atoms with E-state index in [9.17, 15) is 0 Å². The summed E-state index contributed by atoms with van der Waals surface area (Å²) < 4.78 is 0. The molecule has 0 N–H and O–H groups in total. The number of hydrogen-bond donors (Lipinski definition) is 0. The molecule has 0 fully saturated rings. The third kappa shape index (κ3) is 19.7. The first-order chi connectivity index (χ1) is 18.4. The fraction of sp³-hybridized carbons (Fsp3) is 0.758. The molecule has 0 bridgehead atoms. The molecule has 0 heterocycles. The van der Waals surface area contributed by atoms with E-state index < -0.39 is 12.6 Å². The van der Waals surface area contributed by atoms with Crippen molar-refractivity contribution < 1.29 is 0 Å². The van der Waals surface area contributed by atoms with Gasteiger partial charge < -0.3 is 0 Å². The van der Waals surface area contributed by atoms with Crippen molar-refractivity contribution in [2.24, 2.45) is 0 Å². The molecule has 0 saturated carbocycles. The van der Waals surface area contributed by atoms with E-state index in [4.69, 9.17) is 33.7 Å². The second kappa shape index (κ2) is 25.4. The Morgan fingerprint density at radius 2 is 0.895 bits per heavy atom. The Labute approximate surface area is 254 Å². The standard InChI is InChI=1S/C33H61P.Cl3P/c1-5-9-12-15-18-24-29-34(8-4,30-25-19-16-13-10-6-2,31-26-20-17-14-11-7-3)32-33-27-22-21-23-28-33;1-4(2)3/h8,21-23,27-28H,4-7,9-20,24-26,29-32H2,1-3H3;. The average Bonchev–Trinajstić information content (AvgIpc) is 2.91. The smallest absolute Gasteiger partial charge is 0.0596 e. The largest absolute Gasteiger partial charge is 0.179 e. The summed E-state index contributed by atoms with van der Waals surface area (Å²) in [5, 5.41) is 0. The third-order valence-corrected chi connectivity index (χ3v) is 15.1. The van der Waals surface area contributed by atoms with E-state index in [1.54, 1.807) is 5.56 Å². The van der Waals surface area contributed by atoms with E-state index >= 15 is 0 Å². The van der Waals surface area contributed by atoms with E-state index in [2.05, 4.69) is 63.5 Å². The van der Waals surface area contributed by atoms with Crippen LogP contribution in [0.4, 0.5) is 0 Å². The van der Waals surface area contributed by atoms with Gasteiger partial charge in [0.05, 0.1) is 0 Å². The summed E-state index contributed by atoms with van der Waals surface area (Å²) in [6.07, 6.45) is 31.0. The van der Waals surface area contributed by atoms with Crippen molar-refractivity contribution in [3.05, 3.63) is 48.3 Å². The Kier molecular flexibility index (Phi) is 25.9. The maximum Gasteiger partial charge on any atom is 0.179 e. The van der Waals surface area contributed by atoms with Crippen LogP contribution in [0.3, 0.4) is 0 Å². The van der Waals surface area contributed by atoms with Crippen molar-refractivity contribution in [3.8, 4) is 0 Å². The summed E-state index contributed by atoms with van der Waals surface area (Å²) >= 11 is 14.6. The van der Waals surface area contributed by atoms with E-state index in [1.165, 1.54) is 140 Å². The summed E-state index contributed by atoms with van der Waals surface area (Å²) in [7, 11) is 0. The SMILES string of the molecule is C=CP(CCCCCCCC)(CCCCCCCC)(CCCCCCCC)Cc1ccccc1.ClP(Cl)Cl. The molecule has 0 aliphatic carbocycles. The first-order valence-electron chi connectivity index (χ1n) is 15.8. The van der Waals surface area contributed by atoms with Gasteiger partial charge in [-0.15, -0.1) is 0 Å². The molecule has 5 heteroatoms. The first-order valence-corrected chi connectivity index (χ1v) is 22.9. The number of hydrogen-bond acceptors (Lipinski definition) is 0. The van der Waals surface area contributed by atoms with Crippen LogP contribution in [0.2, 0.25) is 0 Å². The van der Waals surface area contributed by atoms with Crippen LogP contribution in [0.25, 0.3) is 0 Å². The van der Waals surface area contributed by atoms with E-state index in [0.717, 1.165) is 0 Å². The molecular weight excluding hydrogens is 565 g/mol. The number of benzene rings is 1. The zero-order valence-corrected chi connectivity index (χ0v) is 29.3. The zero-order chi connectivity index (χ0) is 28.4. The monoisotopic (exact) mass is 624 g/mol. The number of rotatable bonds is 24. The summed E-state index contributed by atoms with van der Waals surface area (Å²) in [5.41, 5.74) is 1.57. The summed E-state index contributed by atoms with van der Waals surface area (Å²) in [6.45, 7) is 9.61. The van der Waals surface area contributed by atoms with Crippen molar-refractivity contribution in [2.45, 2.75) is 143 Å². The van der Waals surface area contributed by atoms with E-state index in [0.29, 0.717) is 0 Å². The maximum absolute atomic E-state index is 4.87. The fourth-order valence-electron chi connectivity index (χ4n) is 5.94. The average molecular weight is 626 g/mol. The van der Waals surface area contributed by atoms with Crippen molar-refractivity contribution in [1.82, 2.24) is 0 Å². The van der Waals surface area contributed by atoms with Gasteiger partial charge in [-0.2, -0.15) is 0 Å². The van der Waals surface area contributed by atoms with Crippen LogP contribution in [0.15, 0.2) is 42.7 Å². The zero-order valence-electron chi connectivity index (χ0n) is 25.3. The number of halogens is 3. The van der Waals surface area contributed by atoms with Crippen molar-refractivity contribution >= 4 is 46.3 Å². The summed E-state index contributed by atoms with van der Waals surface area (Å²) in [5.74, 6) is 1.40. The van der Waals surface area contributed by atoms with E-state index in [1.807, 2.05) is 0 Å². The summed E-state index contributed by atoms with van der Waals surface area (Å²) in [6, 6.07) is 11.5. The van der Waals surface area contributed by atoms with Gasteiger partial charge >= 0.3 is 216 Å². The number of unbranched alkanes of at least 4 members (excludes halogenated alkanes) is 15. The Balaban J connectivity index is 0.00000318. The molecule has 0 atom stereocenters. The third-order valence-electron chi connectivity index (χ3n) is 8.31. The van der Waals surface area contributed by atoms with Crippen molar-refractivity contribution in [2.75, 3.05) is 18.5 Å². The topological polar surface area (TPSA) is 0 Å². The molecule has 0 aliphatic rings. The molecule has 224 valence electrons. The van der Waals surface area contributed by atoms with E-state index in [-0.39, 0.29) is 0 Å². The van der Waals surface area contributed by atoms with Gasteiger partial charge in [0.1, 0.15) is 0 Å². The van der Waals surface area contributed by atoms with Crippen LogP contribution >= 0.6 is 46.3 Å². The molecule has 1 rings (SSSR count). The quantitative estimate of drug-likeness (QED) is 0.0792. The van der Waals surface area contributed by atoms with Gasteiger partial charge in [-0.25, -0.2) is 0 Å². The predicted molar refractivity (Wildman–Crippen MR) is 186 cm³/mol. The Morgan fingerprint density at radius 3 is 1.21 bits per heavy atom. The van der Waals surface area contributed by atoms with Crippen LogP contribution in [-0.2, 0) is 6.16 Å². The fourth-order valence-corrected chi connectivity index (χ4v) is 12.2. The molecule has 0 spiro atoms. The second-order valence-electron chi connectivity index (χ2n) is 11.6. The second-order valence-corrected chi connectivity index (χ2v) is 22.7. The van der Waals surface area contributed by atoms with Crippen molar-refractivity contribution in [1.29, 1.82) is 0 Å². The van der Waals surface area contributed by atoms with Crippen LogP contribution in [0.5, 0.6) is 0 Å². The van der Waals surface area contributed by atoms with Gasteiger partial charge in [0.25, 0.3) is 0 Å². The van der Waals surface area contributed by atoms with Crippen LogP contribution < -0.4 is 0 Å². The minimum atomic E-state index is -2.00. The predicted octanol–water partition coefficient (Wildman–Crippen LogP) is 14.9. The Morgan fingerprint density at radius 1 is 0.579 bits per heavy atom. The van der Waals surface area contributed by atoms with Gasteiger partial charge in [-0.1, -0.05) is 33.7 Å². The normalized spacial score (nSPS) is 12.6. The molecular formula is C33H61Cl3P2. The Bertz CT molecular complexity index is 605. The van der Waals surface area contributed by atoms with Crippen LogP contribution in [0.1, 0.15) is 142 Å². The molecule has 0 aromatic heterocycles. The minimum Gasteiger partial charge on any atom is -0.0596 e. The minimum absolute atomic E-state index is 1.20. The van der Waals surface area contributed by atoms with Gasteiger partial charge in [0.2, 0.25) is 0 Å². The molecule has 0 aliphatic heterocycles. The molecule has 38 heavy (non-hydrogen) atoms. The maximum atomic E-state index is 4.87. The van der Waals surface area contributed by atoms with Gasteiger partial charge in [-0.05, 0) is 0 Å². The molecule has 0 saturated heterocycles.